The van der Waals surface area contributed by atoms with E-state index in [0.717, 1.165) is 31.2 Å². The first-order valence-corrected chi connectivity index (χ1v) is 9.04. The number of thiocarbonyl (C=S) groups is 1. The first-order valence-electron chi connectivity index (χ1n) is 8.63. The van der Waals surface area contributed by atoms with Gasteiger partial charge in [0.1, 0.15) is 6.07 Å². The van der Waals surface area contributed by atoms with Crippen LogP contribution in [0.25, 0.3) is 0 Å². The molecule has 1 aromatic heterocycles. The van der Waals surface area contributed by atoms with Crippen LogP contribution in [0.1, 0.15) is 77.8 Å². The van der Waals surface area contributed by atoms with E-state index < -0.39 is 5.97 Å². The average molecular weight is 360 g/mol. The second-order valence-electron chi connectivity index (χ2n) is 6.19. The van der Waals surface area contributed by atoms with Crippen molar-refractivity contribution in [3.63, 3.8) is 0 Å². The van der Waals surface area contributed by atoms with E-state index in [4.69, 9.17) is 22.7 Å². The lowest BCUT2D eigenvalue weighted by Crippen LogP contribution is -2.30. The first kappa shape index (κ1) is 19.1. The van der Waals surface area contributed by atoms with Crippen molar-refractivity contribution in [3.8, 4) is 6.07 Å². The molecule has 1 saturated carbocycles. The van der Waals surface area contributed by atoms with Gasteiger partial charge in [-0.2, -0.15) is 5.26 Å². The fourth-order valence-electron chi connectivity index (χ4n) is 3.46. The van der Waals surface area contributed by atoms with E-state index in [1.165, 1.54) is 6.42 Å². The third-order valence-electron chi connectivity index (χ3n) is 4.53. The Balaban J connectivity index is 2.63. The standard InChI is InChI=1S/C18H24N4O2S/c1-3-24-17(23)16-14(10-21-18(20)25)22-11(2)13(9-19)15(16)12-7-5-4-6-8-12/h12H,3-8,10H2,1-2H3,(H3,20,21,25). The van der Waals surface area contributed by atoms with Gasteiger partial charge in [0, 0.05) is 0 Å². The van der Waals surface area contributed by atoms with Crippen LogP contribution in [0.4, 0.5) is 0 Å². The zero-order chi connectivity index (χ0) is 18.4. The van der Waals surface area contributed by atoms with Gasteiger partial charge in [-0.25, -0.2) is 4.79 Å². The first-order chi connectivity index (χ1) is 12.0. The number of nitrogens with two attached hydrogens (primary N) is 1. The van der Waals surface area contributed by atoms with Crippen molar-refractivity contribution in [1.29, 1.82) is 5.26 Å². The maximum absolute atomic E-state index is 12.7. The third kappa shape index (κ3) is 4.45. The van der Waals surface area contributed by atoms with Crippen LogP contribution in [0, 0.1) is 18.3 Å². The number of aryl methyl sites for hydroxylation is 1. The minimum atomic E-state index is -0.438. The summed E-state index contributed by atoms with van der Waals surface area (Å²) in [4.78, 5) is 17.2. The van der Waals surface area contributed by atoms with Crippen molar-refractivity contribution in [2.45, 2.75) is 58.4 Å². The predicted molar refractivity (Wildman–Crippen MR) is 99.1 cm³/mol. The molecule has 6 nitrogen and oxygen atoms in total. The maximum Gasteiger partial charge on any atom is 0.340 e. The molecule has 0 saturated heterocycles. The molecule has 25 heavy (non-hydrogen) atoms. The van der Waals surface area contributed by atoms with Gasteiger partial charge in [-0.1, -0.05) is 19.3 Å². The number of hydrogen-bond donors (Lipinski definition) is 2. The van der Waals surface area contributed by atoms with Gasteiger partial charge in [0.25, 0.3) is 0 Å². The molecule has 0 spiro atoms. The lowest BCUT2D eigenvalue weighted by atomic mass is 9.79. The van der Waals surface area contributed by atoms with Crippen LogP contribution >= 0.6 is 12.2 Å². The molecule has 1 heterocycles. The summed E-state index contributed by atoms with van der Waals surface area (Å²) in [7, 11) is 0. The van der Waals surface area contributed by atoms with E-state index in [1.807, 2.05) is 0 Å². The van der Waals surface area contributed by atoms with Gasteiger partial charge in [0.2, 0.25) is 0 Å². The summed E-state index contributed by atoms with van der Waals surface area (Å²) in [6.45, 7) is 4.05. The van der Waals surface area contributed by atoms with E-state index >= 15 is 0 Å². The zero-order valence-electron chi connectivity index (χ0n) is 14.7. The molecule has 134 valence electrons. The molecule has 0 aromatic carbocycles. The molecule has 1 aromatic rings. The van der Waals surface area contributed by atoms with Crippen molar-refractivity contribution >= 4 is 23.3 Å². The van der Waals surface area contributed by atoms with E-state index in [1.54, 1.807) is 13.8 Å². The van der Waals surface area contributed by atoms with E-state index in [0.29, 0.717) is 22.5 Å². The minimum Gasteiger partial charge on any atom is -0.462 e. The van der Waals surface area contributed by atoms with Gasteiger partial charge in [0.05, 0.1) is 35.7 Å². The number of nitrogens with zero attached hydrogens (tertiary/aromatic N) is 2. The topological polar surface area (TPSA) is 101 Å². The molecule has 2 rings (SSSR count). The third-order valence-corrected chi connectivity index (χ3v) is 4.67. The molecule has 0 amide bonds. The molecule has 0 atom stereocenters. The molecular weight excluding hydrogens is 336 g/mol. The number of hydrogen-bond acceptors (Lipinski definition) is 5. The van der Waals surface area contributed by atoms with Crippen molar-refractivity contribution in [2.75, 3.05) is 6.61 Å². The normalized spacial score (nSPS) is 14.6. The number of carbonyl (C=O) groups is 1. The smallest absolute Gasteiger partial charge is 0.340 e. The Morgan fingerprint density at radius 3 is 2.68 bits per heavy atom. The van der Waals surface area contributed by atoms with Crippen LogP contribution in [-0.2, 0) is 11.3 Å². The Morgan fingerprint density at radius 1 is 1.44 bits per heavy atom. The summed E-state index contributed by atoms with van der Waals surface area (Å²) < 4.78 is 5.27. The number of aromatic nitrogens is 1. The number of esters is 1. The number of rotatable bonds is 5. The summed E-state index contributed by atoms with van der Waals surface area (Å²) in [6, 6.07) is 2.25. The fraction of sp³-hybridized carbons (Fsp3) is 0.556. The van der Waals surface area contributed by atoms with Crippen molar-refractivity contribution < 1.29 is 9.53 Å². The molecule has 1 fully saturated rings. The van der Waals surface area contributed by atoms with Crippen molar-refractivity contribution in [1.82, 2.24) is 10.3 Å². The number of carbonyl (C=O) groups excluding carboxylic acids is 1. The van der Waals surface area contributed by atoms with Crippen LogP contribution in [-0.4, -0.2) is 22.7 Å². The SMILES string of the molecule is CCOC(=O)c1c(CNC(N)=S)nc(C)c(C#N)c1C1CCCCC1. The summed E-state index contributed by atoms with van der Waals surface area (Å²) in [5.41, 5.74) is 8.36. The number of nitrogens with one attached hydrogen (secondary N) is 1. The lowest BCUT2D eigenvalue weighted by molar-refractivity contribution is 0.0522. The highest BCUT2D eigenvalue weighted by atomic mass is 32.1. The second kappa shape index (κ2) is 8.77. The fourth-order valence-corrected chi connectivity index (χ4v) is 3.53. The van der Waals surface area contributed by atoms with E-state index in [-0.39, 0.29) is 24.2 Å². The molecular formula is C18H24N4O2S. The number of nitriles is 1. The van der Waals surface area contributed by atoms with Crippen LogP contribution in [0.3, 0.4) is 0 Å². The summed E-state index contributed by atoms with van der Waals surface area (Å²) in [5.74, 6) is -0.264. The zero-order valence-corrected chi connectivity index (χ0v) is 15.5. The summed E-state index contributed by atoms with van der Waals surface area (Å²) in [5, 5.41) is 12.7. The van der Waals surface area contributed by atoms with E-state index in [9.17, 15) is 10.1 Å². The minimum absolute atomic E-state index is 0.137. The highest BCUT2D eigenvalue weighted by Gasteiger charge is 2.30. The van der Waals surface area contributed by atoms with E-state index in [2.05, 4.69) is 16.4 Å². The number of ether oxygens (including phenoxy) is 1. The van der Waals surface area contributed by atoms with Crippen molar-refractivity contribution in [2.24, 2.45) is 5.73 Å². The van der Waals surface area contributed by atoms with Crippen LogP contribution in [0.15, 0.2) is 0 Å². The summed E-state index contributed by atoms with van der Waals surface area (Å²) >= 11 is 4.86. The Bertz CT molecular complexity index is 706. The molecule has 0 radical (unpaired) electrons. The molecule has 1 aliphatic rings. The largest absolute Gasteiger partial charge is 0.462 e. The maximum atomic E-state index is 12.7. The highest BCUT2D eigenvalue weighted by molar-refractivity contribution is 7.80. The molecule has 3 N–H and O–H groups in total. The Morgan fingerprint density at radius 2 is 2.12 bits per heavy atom. The molecule has 0 aliphatic heterocycles. The Hall–Kier alpha value is -2.20. The van der Waals surface area contributed by atoms with Gasteiger partial charge < -0.3 is 15.8 Å². The van der Waals surface area contributed by atoms with Gasteiger partial charge in [-0.15, -0.1) is 0 Å². The summed E-state index contributed by atoms with van der Waals surface area (Å²) in [6.07, 6.45) is 5.31. The lowest BCUT2D eigenvalue weighted by Gasteiger charge is -2.26. The van der Waals surface area contributed by atoms with Gasteiger partial charge in [0.15, 0.2) is 5.11 Å². The van der Waals surface area contributed by atoms with Crippen LogP contribution in [0.5, 0.6) is 0 Å². The molecule has 7 heteroatoms. The van der Waals surface area contributed by atoms with Crippen LogP contribution < -0.4 is 11.1 Å². The monoisotopic (exact) mass is 360 g/mol. The second-order valence-corrected chi connectivity index (χ2v) is 6.63. The molecule has 1 aliphatic carbocycles. The van der Waals surface area contributed by atoms with Crippen molar-refractivity contribution in [3.05, 3.63) is 28.1 Å². The molecule has 0 bridgehead atoms. The van der Waals surface area contributed by atoms with Gasteiger partial charge in [-0.3, -0.25) is 4.98 Å². The van der Waals surface area contributed by atoms with Gasteiger partial charge >= 0.3 is 5.97 Å². The Labute approximate surface area is 153 Å². The quantitative estimate of drug-likeness (QED) is 0.615. The average Bonchev–Trinajstić information content (AvgIpc) is 2.60. The molecule has 0 unspecified atom stereocenters. The van der Waals surface area contributed by atoms with Gasteiger partial charge in [-0.05, 0) is 50.4 Å². The number of pyridine rings is 1. The van der Waals surface area contributed by atoms with Crippen LogP contribution in [0.2, 0.25) is 0 Å². The highest BCUT2D eigenvalue weighted by Crippen LogP contribution is 2.38. The predicted octanol–water partition coefficient (Wildman–Crippen LogP) is 2.82. The Kier molecular flexibility index (Phi) is 6.71.